The summed E-state index contributed by atoms with van der Waals surface area (Å²) >= 11 is 0. The summed E-state index contributed by atoms with van der Waals surface area (Å²) in [4.78, 5) is 11.6. The summed E-state index contributed by atoms with van der Waals surface area (Å²) < 4.78 is 47.4. The van der Waals surface area contributed by atoms with E-state index >= 15 is 0 Å². The van der Waals surface area contributed by atoms with Crippen LogP contribution in [0.1, 0.15) is 5.56 Å². The number of hydrogen-bond acceptors (Lipinski definition) is 6. The first kappa shape index (κ1) is 22.3. The van der Waals surface area contributed by atoms with Gasteiger partial charge < -0.3 is 15.0 Å². The van der Waals surface area contributed by atoms with Crippen molar-refractivity contribution in [3.63, 3.8) is 0 Å². The van der Waals surface area contributed by atoms with E-state index in [0.29, 0.717) is 46.9 Å². The van der Waals surface area contributed by atoms with E-state index in [0.717, 1.165) is 24.8 Å². The Bertz CT molecular complexity index is 1580. The van der Waals surface area contributed by atoms with Crippen LogP contribution in [0.15, 0.2) is 54.6 Å². The number of nitrogens with zero attached hydrogens (tertiary/aromatic N) is 4. The Morgan fingerprint density at radius 1 is 0.944 bits per heavy atom. The van der Waals surface area contributed by atoms with Gasteiger partial charge in [-0.05, 0) is 29.8 Å². The van der Waals surface area contributed by atoms with Gasteiger partial charge in [-0.25, -0.2) is 23.1 Å². The van der Waals surface area contributed by atoms with Gasteiger partial charge in [-0.15, -0.1) is 0 Å². The molecule has 1 aliphatic rings. The molecule has 0 radical (unpaired) electrons. The second kappa shape index (κ2) is 9.12. The Hall–Kier alpha value is -4.18. The van der Waals surface area contributed by atoms with Gasteiger partial charge in [0, 0.05) is 35.8 Å². The van der Waals surface area contributed by atoms with Crippen LogP contribution in [0.25, 0.3) is 33.2 Å². The molecule has 36 heavy (non-hydrogen) atoms. The lowest BCUT2D eigenvalue weighted by Gasteiger charge is -2.29. The first-order chi connectivity index (χ1) is 17.6. The highest BCUT2D eigenvalue weighted by molar-refractivity contribution is 5.98. The van der Waals surface area contributed by atoms with E-state index in [4.69, 9.17) is 14.7 Å². The zero-order chi connectivity index (χ0) is 24.6. The van der Waals surface area contributed by atoms with Gasteiger partial charge >= 0.3 is 0 Å². The third-order valence-electron chi connectivity index (χ3n) is 6.28. The van der Waals surface area contributed by atoms with Crippen molar-refractivity contribution in [1.29, 1.82) is 0 Å². The molecule has 2 N–H and O–H groups in total. The molecule has 10 heteroatoms. The van der Waals surface area contributed by atoms with E-state index in [9.17, 15) is 13.2 Å². The smallest absolute Gasteiger partial charge is 0.162 e. The van der Waals surface area contributed by atoms with Crippen molar-refractivity contribution in [3.05, 3.63) is 71.8 Å². The molecule has 7 nitrogen and oxygen atoms in total. The molecule has 1 fully saturated rings. The number of ether oxygens (including phenoxy) is 1. The predicted octanol–water partition coefficient (Wildman–Crippen LogP) is 5.50. The second-order valence-electron chi connectivity index (χ2n) is 8.49. The zero-order valence-electron chi connectivity index (χ0n) is 19.1. The average molecular weight is 490 g/mol. The van der Waals surface area contributed by atoms with E-state index in [1.54, 1.807) is 24.3 Å². The number of aromatic nitrogens is 4. The van der Waals surface area contributed by atoms with Crippen molar-refractivity contribution in [2.45, 2.75) is 6.67 Å². The number of nitrogens with one attached hydrogen (secondary N) is 2. The Kier molecular flexibility index (Phi) is 5.65. The highest BCUT2D eigenvalue weighted by atomic mass is 19.1. The molecule has 3 aromatic carbocycles. The Morgan fingerprint density at radius 2 is 1.78 bits per heavy atom. The molecule has 6 rings (SSSR count). The van der Waals surface area contributed by atoms with Crippen LogP contribution in [0.3, 0.4) is 0 Å². The standard InChI is InChI=1S/C26H21F3N6O/c27-14-15-3-1-2-4-18(15)24-30-22-6-5-17(35-7-9-36-10-8-35)13-19(22)25(31-24)32-26-20-11-16(28)12-21(29)23(20)33-34-26/h1-6,11-13H,7-10,14H2,(H2,30,31,32,33,34). The van der Waals surface area contributed by atoms with Crippen molar-refractivity contribution in [3.8, 4) is 11.4 Å². The number of halogens is 3. The summed E-state index contributed by atoms with van der Waals surface area (Å²) in [6, 6.07) is 14.8. The van der Waals surface area contributed by atoms with Crippen LogP contribution in [-0.2, 0) is 11.4 Å². The van der Waals surface area contributed by atoms with Crippen LogP contribution in [0.2, 0.25) is 0 Å². The summed E-state index contributed by atoms with van der Waals surface area (Å²) in [6.45, 7) is 2.10. The third-order valence-corrected chi connectivity index (χ3v) is 6.28. The number of hydrogen-bond donors (Lipinski definition) is 2. The molecule has 0 spiro atoms. The molecule has 182 valence electrons. The fourth-order valence-electron chi connectivity index (χ4n) is 4.46. The van der Waals surface area contributed by atoms with Crippen LogP contribution in [-0.4, -0.2) is 46.5 Å². The number of H-pyrrole nitrogens is 1. The van der Waals surface area contributed by atoms with Gasteiger partial charge in [-0.2, -0.15) is 5.10 Å². The molecule has 1 saturated heterocycles. The van der Waals surface area contributed by atoms with Crippen LogP contribution in [0, 0.1) is 11.6 Å². The highest BCUT2D eigenvalue weighted by Crippen LogP contribution is 2.33. The largest absolute Gasteiger partial charge is 0.378 e. The Morgan fingerprint density at radius 3 is 2.61 bits per heavy atom. The monoisotopic (exact) mass is 490 g/mol. The van der Waals surface area contributed by atoms with Crippen molar-refractivity contribution in [2.24, 2.45) is 0 Å². The van der Waals surface area contributed by atoms with Crippen LogP contribution < -0.4 is 10.2 Å². The molecular formula is C26H21F3N6O. The van der Waals surface area contributed by atoms with Gasteiger partial charge in [0.05, 0.1) is 24.1 Å². The van der Waals surface area contributed by atoms with Crippen molar-refractivity contribution in [1.82, 2.24) is 20.2 Å². The number of morpholine rings is 1. The Labute approximate surface area is 203 Å². The maximum absolute atomic E-state index is 14.3. The minimum atomic E-state index is -0.745. The topological polar surface area (TPSA) is 79.0 Å². The number of aromatic amines is 1. The number of rotatable bonds is 5. The van der Waals surface area contributed by atoms with Crippen molar-refractivity contribution < 1.29 is 17.9 Å². The molecule has 0 amide bonds. The lowest BCUT2D eigenvalue weighted by Crippen LogP contribution is -2.36. The molecule has 3 heterocycles. The molecule has 1 aliphatic heterocycles. The van der Waals surface area contributed by atoms with Crippen LogP contribution in [0.5, 0.6) is 0 Å². The van der Waals surface area contributed by atoms with Crippen molar-refractivity contribution >= 4 is 39.1 Å². The lowest BCUT2D eigenvalue weighted by atomic mass is 10.1. The van der Waals surface area contributed by atoms with E-state index in [1.165, 1.54) is 6.07 Å². The van der Waals surface area contributed by atoms with Gasteiger partial charge in [-0.3, -0.25) is 5.10 Å². The normalized spacial score (nSPS) is 14.0. The SMILES string of the molecule is FCc1ccccc1-c1nc(Nc2n[nH]c3c(F)cc(F)cc23)c2cc(N3CCOCC3)ccc2n1. The minimum Gasteiger partial charge on any atom is -0.378 e. The lowest BCUT2D eigenvalue weighted by molar-refractivity contribution is 0.122. The van der Waals surface area contributed by atoms with Gasteiger partial charge in [0.25, 0.3) is 0 Å². The molecule has 2 aromatic heterocycles. The van der Waals surface area contributed by atoms with Crippen LogP contribution in [0.4, 0.5) is 30.5 Å². The Balaban J connectivity index is 1.52. The number of benzene rings is 3. The fraction of sp³-hybridized carbons (Fsp3) is 0.192. The quantitative estimate of drug-likeness (QED) is 0.339. The van der Waals surface area contributed by atoms with E-state index < -0.39 is 18.3 Å². The summed E-state index contributed by atoms with van der Waals surface area (Å²) in [5, 5.41) is 10.8. The van der Waals surface area contributed by atoms with Gasteiger partial charge in [0.1, 0.15) is 23.8 Å². The average Bonchev–Trinajstić information content (AvgIpc) is 3.31. The maximum Gasteiger partial charge on any atom is 0.162 e. The van der Waals surface area contributed by atoms with Gasteiger partial charge in [-0.1, -0.05) is 24.3 Å². The minimum absolute atomic E-state index is 0.0780. The fourth-order valence-corrected chi connectivity index (χ4v) is 4.46. The van der Waals surface area contributed by atoms with Gasteiger partial charge in [0.2, 0.25) is 0 Å². The van der Waals surface area contributed by atoms with Crippen molar-refractivity contribution in [2.75, 3.05) is 36.5 Å². The predicted molar refractivity (Wildman–Crippen MR) is 132 cm³/mol. The van der Waals surface area contributed by atoms with E-state index in [-0.39, 0.29) is 16.7 Å². The first-order valence-electron chi connectivity index (χ1n) is 11.5. The highest BCUT2D eigenvalue weighted by Gasteiger charge is 2.18. The zero-order valence-corrected chi connectivity index (χ0v) is 19.1. The third kappa shape index (κ3) is 3.99. The van der Waals surface area contributed by atoms with E-state index in [1.807, 2.05) is 18.2 Å². The number of fused-ring (bicyclic) bond motifs is 2. The molecule has 0 aliphatic carbocycles. The molecule has 0 unspecified atom stereocenters. The van der Waals surface area contributed by atoms with Gasteiger partial charge in [0.15, 0.2) is 17.5 Å². The molecule has 0 bridgehead atoms. The summed E-state index contributed by atoms with van der Waals surface area (Å²) in [7, 11) is 0. The number of anilines is 3. The number of alkyl halides is 1. The second-order valence-corrected chi connectivity index (χ2v) is 8.49. The summed E-state index contributed by atoms with van der Waals surface area (Å²) in [6.07, 6.45) is 0. The summed E-state index contributed by atoms with van der Waals surface area (Å²) in [5.74, 6) is -0.536. The molecule has 0 atom stereocenters. The van der Waals surface area contributed by atoms with Crippen LogP contribution >= 0.6 is 0 Å². The van der Waals surface area contributed by atoms with E-state index in [2.05, 4.69) is 20.4 Å². The first-order valence-corrected chi connectivity index (χ1v) is 11.5. The maximum atomic E-state index is 14.3. The molecular weight excluding hydrogens is 469 g/mol. The summed E-state index contributed by atoms with van der Waals surface area (Å²) in [5.41, 5.74) is 2.70. The molecule has 0 saturated carbocycles. The molecule has 5 aromatic rings.